The Morgan fingerprint density at radius 2 is 1.61 bits per heavy atom. The third kappa shape index (κ3) is 4.35. The number of Topliss-reactive ketones (excluding diaryl/α,β-unsaturated/α-hetero) is 1. The fourth-order valence-corrected chi connectivity index (χ4v) is 4.51. The van der Waals surface area contributed by atoms with Crippen molar-refractivity contribution < 1.29 is 9.59 Å². The highest BCUT2D eigenvalue weighted by molar-refractivity contribution is 6.30. The molecule has 1 aliphatic heterocycles. The van der Waals surface area contributed by atoms with Crippen LogP contribution >= 0.6 is 11.6 Å². The Hall–Kier alpha value is -3.11. The first-order chi connectivity index (χ1) is 15.0. The van der Waals surface area contributed by atoms with Gasteiger partial charge in [0.05, 0.1) is 12.6 Å². The third-order valence-electron chi connectivity index (χ3n) is 5.87. The molecule has 31 heavy (non-hydrogen) atoms. The molecular weight excluding hydrogens is 408 g/mol. The molecule has 4 rings (SSSR count). The van der Waals surface area contributed by atoms with Crippen LogP contribution in [0, 0.1) is 0 Å². The Balaban J connectivity index is 1.68. The number of para-hydroxylation sites is 2. The Morgan fingerprint density at radius 3 is 2.29 bits per heavy atom. The molecule has 0 saturated heterocycles. The minimum Gasteiger partial charge on any atom is -0.361 e. The first-order valence-electron chi connectivity index (χ1n) is 10.4. The molecule has 1 aliphatic rings. The molecule has 0 spiro atoms. The number of anilines is 2. The van der Waals surface area contributed by atoms with Crippen LogP contribution in [0.15, 0.2) is 78.9 Å². The van der Waals surface area contributed by atoms with Crippen molar-refractivity contribution in [3.63, 3.8) is 0 Å². The standard InChI is InChI=1S/C26H25ClN2O2/c1-18-16-25(29(19(2)30)22-8-4-3-5-9-22)23-10-6-7-11-24(23)28(18)17-26(31)20-12-14-21(27)15-13-20/h3-15,18,25H,16-17H2,1-2H3/t18-,25-/m1/s1. The number of ketones is 1. The van der Waals surface area contributed by atoms with Crippen molar-refractivity contribution in [1.29, 1.82) is 0 Å². The van der Waals surface area contributed by atoms with Crippen LogP contribution in [-0.4, -0.2) is 24.3 Å². The summed E-state index contributed by atoms with van der Waals surface area (Å²) in [7, 11) is 0. The second-order valence-corrected chi connectivity index (χ2v) is 8.38. The number of nitrogens with zero attached hydrogens (tertiary/aromatic N) is 2. The normalized spacial score (nSPS) is 17.7. The van der Waals surface area contributed by atoms with Crippen molar-refractivity contribution in [1.82, 2.24) is 0 Å². The minimum atomic E-state index is -0.0898. The van der Waals surface area contributed by atoms with Crippen LogP contribution in [0.3, 0.4) is 0 Å². The van der Waals surface area contributed by atoms with Gasteiger partial charge in [0.2, 0.25) is 5.91 Å². The molecule has 0 unspecified atom stereocenters. The molecule has 1 amide bonds. The molecule has 0 N–H and O–H groups in total. The summed E-state index contributed by atoms with van der Waals surface area (Å²) in [6, 6.07) is 24.8. The molecule has 0 aliphatic carbocycles. The maximum absolute atomic E-state index is 13.0. The summed E-state index contributed by atoms with van der Waals surface area (Å²) >= 11 is 5.97. The van der Waals surface area contributed by atoms with Gasteiger partial charge in [-0.05, 0) is 61.4 Å². The Kier molecular flexibility index (Phi) is 6.10. The van der Waals surface area contributed by atoms with Gasteiger partial charge in [-0.25, -0.2) is 0 Å². The molecule has 5 heteroatoms. The lowest BCUT2D eigenvalue weighted by Crippen LogP contribution is -2.46. The third-order valence-corrected chi connectivity index (χ3v) is 6.12. The lowest BCUT2D eigenvalue weighted by Gasteiger charge is -2.44. The molecule has 0 saturated carbocycles. The van der Waals surface area contributed by atoms with E-state index < -0.39 is 0 Å². The molecular formula is C26H25ClN2O2. The van der Waals surface area contributed by atoms with Gasteiger partial charge in [-0.3, -0.25) is 9.59 Å². The molecule has 3 aromatic carbocycles. The van der Waals surface area contributed by atoms with Crippen molar-refractivity contribution in [3.8, 4) is 0 Å². The minimum absolute atomic E-state index is 0.00361. The van der Waals surface area contributed by atoms with E-state index in [0.717, 1.165) is 23.4 Å². The van der Waals surface area contributed by atoms with Crippen LogP contribution in [0.25, 0.3) is 0 Å². The van der Waals surface area contributed by atoms with Crippen LogP contribution in [0.4, 0.5) is 11.4 Å². The van der Waals surface area contributed by atoms with Crippen LogP contribution in [0.5, 0.6) is 0 Å². The van der Waals surface area contributed by atoms with E-state index in [1.54, 1.807) is 31.2 Å². The highest BCUT2D eigenvalue weighted by atomic mass is 35.5. The molecule has 3 aromatic rings. The van der Waals surface area contributed by atoms with Crippen molar-refractivity contribution in [3.05, 3.63) is 95.0 Å². The summed E-state index contributed by atoms with van der Waals surface area (Å²) in [5.41, 5.74) is 3.58. The number of benzene rings is 3. The molecule has 2 atom stereocenters. The Labute approximate surface area is 188 Å². The van der Waals surface area contributed by atoms with E-state index >= 15 is 0 Å². The van der Waals surface area contributed by atoms with E-state index in [9.17, 15) is 9.59 Å². The Bertz CT molecular complexity index is 1080. The van der Waals surface area contributed by atoms with Gasteiger partial charge in [-0.15, -0.1) is 0 Å². The van der Waals surface area contributed by atoms with Gasteiger partial charge in [0.1, 0.15) is 0 Å². The first kappa shape index (κ1) is 21.1. The summed E-state index contributed by atoms with van der Waals surface area (Å²) < 4.78 is 0. The zero-order chi connectivity index (χ0) is 22.0. The van der Waals surface area contributed by atoms with E-state index in [-0.39, 0.29) is 30.3 Å². The van der Waals surface area contributed by atoms with Crippen molar-refractivity contribution in [2.24, 2.45) is 0 Å². The predicted molar refractivity (Wildman–Crippen MR) is 126 cm³/mol. The summed E-state index contributed by atoms with van der Waals surface area (Å²) in [5.74, 6) is 0.0483. The average Bonchev–Trinajstić information content (AvgIpc) is 2.77. The van der Waals surface area contributed by atoms with Crippen molar-refractivity contribution in [2.75, 3.05) is 16.3 Å². The molecule has 0 bridgehead atoms. The van der Waals surface area contributed by atoms with E-state index in [4.69, 9.17) is 11.6 Å². The molecule has 0 fully saturated rings. The lowest BCUT2D eigenvalue weighted by atomic mass is 9.89. The number of rotatable bonds is 5. The number of hydrogen-bond acceptors (Lipinski definition) is 3. The molecule has 4 nitrogen and oxygen atoms in total. The maximum atomic E-state index is 13.0. The largest absolute Gasteiger partial charge is 0.361 e. The van der Waals surface area contributed by atoms with Gasteiger partial charge in [0, 0.05) is 34.9 Å². The van der Waals surface area contributed by atoms with Crippen LogP contribution < -0.4 is 9.80 Å². The van der Waals surface area contributed by atoms with Gasteiger partial charge in [-0.2, -0.15) is 0 Å². The SMILES string of the molecule is CC(=O)N(c1ccccc1)[C@@H]1C[C@@H](C)N(CC(=O)c2ccc(Cl)cc2)c2ccccc21. The highest BCUT2D eigenvalue weighted by Crippen LogP contribution is 2.42. The lowest BCUT2D eigenvalue weighted by molar-refractivity contribution is -0.117. The first-order valence-corrected chi connectivity index (χ1v) is 10.8. The van der Waals surface area contributed by atoms with Crippen LogP contribution in [-0.2, 0) is 4.79 Å². The van der Waals surface area contributed by atoms with Gasteiger partial charge < -0.3 is 9.80 Å². The van der Waals surface area contributed by atoms with E-state index in [1.807, 2.05) is 53.4 Å². The Morgan fingerprint density at radius 1 is 0.968 bits per heavy atom. The zero-order valence-corrected chi connectivity index (χ0v) is 18.4. The second-order valence-electron chi connectivity index (χ2n) is 7.94. The predicted octanol–water partition coefficient (Wildman–Crippen LogP) is 5.92. The zero-order valence-electron chi connectivity index (χ0n) is 17.7. The van der Waals surface area contributed by atoms with Gasteiger partial charge in [0.25, 0.3) is 0 Å². The fourth-order valence-electron chi connectivity index (χ4n) is 4.38. The molecule has 1 heterocycles. The molecule has 158 valence electrons. The summed E-state index contributed by atoms with van der Waals surface area (Å²) in [5, 5.41) is 0.612. The maximum Gasteiger partial charge on any atom is 0.224 e. The summed E-state index contributed by atoms with van der Waals surface area (Å²) in [6.07, 6.45) is 0.736. The monoisotopic (exact) mass is 432 g/mol. The highest BCUT2D eigenvalue weighted by Gasteiger charge is 2.35. The van der Waals surface area contributed by atoms with Crippen LogP contribution in [0.1, 0.15) is 42.2 Å². The van der Waals surface area contributed by atoms with E-state index in [2.05, 4.69) is 17.9 Å². The van der Waals surface area contributed by atoms with E-state index in [0.29, 0.717) is 10.6 Å². The summed E-state index contributed by atoms with van der Waals surface area (Å²) in [6.45, 7) is 4.00. The number of carbonyl (C=O) groups is 2. The smallest absolute Gasteiger partial charge is 0.224 e. The van der Waals surface area contributed by atoms with E-state index in [1.165, 1.54) is 0 Å². The van der Waals surface area contributed by atoms with Gasteiger partial charge >= 0.3 is 0 Å². The fraction of sp³-hybridized carbons (Fsp3) is 0.231. The summed E-state index contributed by atoms with van der Waals surface area (Å²) in [4.78, 5) is 29.7. The molecule has 0 aromatic heterocycles. The van der Waals surface area contributed by atoms with Crippen LogP contribution in [0.2, 0.25) is 5.02 Å². The number of amides is 1. The number of carbonyl (C=O) groups excluding carboxylic acids is 2. The van der Waals surface area contributed by atoms with Gasteiger partial charge in [-0.1, -0.05) is 48.0 Å². The number of hydrogen-bond donors (Lipinski definition) is 0. The topological polar surface area (TPSA) is 40.6 Å². The molecule has 0 radical (unpaired) electrons. The number of fused-ring (bicyclic) bond motifs is 1. The van der Waals surface area contributed by atoms with Crippen molar-refractivity contribution in [2.45, 2.75) is 32.4 Å². The second kappa shape index (κ2) is 8.94. The average molecular weight is 433 g/mol. The quantitative estimate of drug-likeness (QED) is 0.470. The number of halogens is 1. The van der Waals surface area contributed by atoms with Crippen molar-refractivity contribution >= 4 is 34.7 Å². The van der Waals surface area contributed by atoms with Gasteiger partial charge in [0.15, 0.2) is 5.78 Å².